The molecule has 4 heteroatoms. The largest absolute Gasteiger partial charge is 0.491 e. The van der Waals surface area contributed by atoms with Gasteiger partial charge in [-0.15, -0.1) is 11.6 Å². The Balaban J connectivity index is 2.29. The van der Waals surface area contributed by atoms with E-state index in [0.717, 1.165) is 11.3 Å². The first-order valence-electron chi connectivity index (χ1n) is 5.71. The van der Waals surface area contributed by atoms with Gasteiger partial charge in [-0.1, -0.05) is 17.9 Å². The lowest BCUT2D eigenvalue weighted by Crippen LogP contribution is -2.09. The summed E-state index contributed by atoms with van der Waals surface area (Å²) in [7, 11) is 1.65. The van der Waals surface area contributed by atoms with E-state index >= 15 is 0 Å². The summed E-state index contributed by atoms with van der Waals surface area (Å²) in [5.74, 6) is 6.86. The fourth-order valence-electron chi connectivity index (χ4n) is 1.26. The molecule has 0 aliphatic rings. The molecule has 0 aromatic heterocycles. The number of rotatable bonds is 7. The van der Waals surface area contributed by atoms with E-state index in [-0.39, 0.29) is 0 Å². The van der Waals surface area contributed by atoms with E-state index in [9.17, 15) is 0 Å². The molecule has 0 spiro atoms. The second kappa shape index (κ2) is 9.78. The highest BCUT2D eigenvalue weighted by molar-refractivity contribution is 6.19. The quantitative estimate of drug-likeness (QED) is 0.432. The van der Waals surface area contributed by atoms with Gasteiger partial charge in [-0.2, -0.15) is 0 Å². The highest BCUT2D eigenvalue weighted by Crippen LogP contribution is 2.12. The zero-order chi connectivity index (χ0) is 13.1. The summed E-state index contributed by atoms with van der Waals surface area (Å²) in [6, 6.07) is 7.59. The summed E-state index contributed by atoms with van der Waals surface area (Å²) in [5, 5.41) is 0. The first kappa shape index (κ1) is 14.8. The molecule has 18 heavy (non-hydrogen) atoms. The number of methoxy groups -OCH3 is 1. The molecule has 1 aromatic rings. The summed E-state index contributed by atoms with van der Waals surface area (Å²) in [5.41, 5.74) is 0.897. The molecule has 0 heterocycles. The van der Waals surface area contributed by atoms with Crippen molar-refractivity contribution < 1.29 is 14.2 Å². The van der Waals surface area contributed by atoms with Crippen LogP contribution in [-0.2, 0) is 9.47 Å². The second-order valence-electron chi connectivity index (χ2n) is 3.42. The van der Waals surface area contributed by atoms with Crippen molar-refractivity contribution in [2.75, 3.05) is 39.4 Å². The van der Waals surface area contributed by atoms with E-state index in [1.54, 1.807) is 7.11 Å². The Bertz CT molecular complexity index is 396. The summed E-state index contributed by atoms with van der Waals surface area (Å²) in [6.07, 6.45) is 0. The predicted molar refractivity (Wildman–Crippen MR) is 72.2 cm³/mol. The standard InChI is InChI=1S/C14H17ClO3/c1-16-8-9-17-10-11-18-14-6-2-4-13(12-14)5-3-7-15/h2,4,6,12H,7-11H2,1H3. The predicted octanol–water partition coefficient (Wildman–Crippen LogP) is 2.32. The van der Waals surface area contributed by atoms with Crippen molar-refractivity contribution in [1.29, 1.82) is 0 Å². The molecule has 0 saturated carbocycles. The molecular weight excluding hydrogens is 252 g/mol. The smallest absolute Gasteiger partial charge is 0.120 e. The molecule has 0 N–H and O–H groups in total. The third-order valence-corrected chi connectivity index (χ3v) is 2.20. The Labute approximate surface area is 113 Å². The fourth-order valence-corrected chi connectivity index (χ4v) is 1.33. The molecule has 3 nitrogen and oxygen atoms in total. The van der Waals surface area contributed by atoms with Crippen LogP contribution in [0.4, 0.5) is 0 Å². The Kier molecular flexibility index (Phi) is 8.07. The lowest BCUT2D eigenvalue weighted by molar-refractivity contribution is 0.0544. The third kappa shape index (κ3) is 6.51. The van der Waals surface area contributed by atoms with E-state index in [1.165, 1.54) is 0 Å². The van der Waals surface area contributed by atoms with Gasteiger partial charge in [0.25, 0.3) is 0 Å². The van der Waals surface area contributed by atoms with Gasteiger partial charge in [-0.3, -0.25) is 0 Å². The van der Waals surface area contributed by atoms with E-state index in [4.69, 9.17) is 25.8 Å². The lowest BCUT2D eigenvalue weighted by atomic mass is 10.2. The summed E-state index contributed by atoms with van der Waals surface area (Å²) >= 11 is 5.50. The van der Waals surface area contributed by atoms with Crippen molar-refractivity contribution >= 4 is 11.6 Å². The van der Waals surface area contributed by atoms with Gasteiger partial charge in [0.1, 0.15) is 12.4 Å². The monoisotopic (exact) mass is 268 g/mol. The number of hydrogen-bond acceptors (Lipinski definition) is 3. The van der Waals surface area contributed by atoms with E-state index < -0.39 is 0 Å². The van der Waals surface area contributed by atoms with E-state index in [0.29, 0.717) is 32.3 Å². The van der Waals surface area contributed by atoms with Crippen molar-refractivity contribution in [3.63, 3.8) is 0 Å². The van der Waals surface area contributed by atoms with Crippen molar-refractivity contribution in [2.24, 2.45) is 0 Å². The van der Waals surface area contributed by atoms with Crippen LogP contribution in [0.1, 0.15) is 5.56 Å². The molecule has 0 atom stereocenters. The Morgan fingerprint density at radius 2 is 2.00 bits per heavy atom. The number of benzene rings is 1. The molecule has 0 amide bonds. The van der Waals surface area contributed by atoms with Crippen molar-refractivity contribution in [2.45, 2.75) is 0 Å². The summed E-state index contributed by atoms with van der Waals surface area (Å²) in [4.78, 5) is 0. The number of alkyl halides is 1. The molecule has 0 fully saturated rings. The topological polar surface area (TPSA) is 27.7 Å². The Hall–Kier alpha value is -1.21. The fraction of sp³-hybridized carbons (Fsp3) is 0.429. The molecule has 0 unspecified atom stereocenters. The molecular formula is C14H17ClO3. The van der Waals surface area contributed by atoms with E-state index in [2.05, 4.69) is 11.8 Å². The molecule has 0 saturated heterocycles. The maximum absolute atomic E-state index is 5.54. The second-order valence-corrected chi connectivity index (χ2v) is 3.68. The van der Waals surface area contributed by atoms with E-state index in [1.807, 2.05) is 24.3 Å². The van der Waals surface area contributed by atoms with Crippen LogP contribution < -0.4 is 4.74 Å². The lowest BCUT2D eigenvalue weighted by Gasteiger charge is -2.07. The van der Waals surface area contributed by atoms with Crippen LogP contribution in [0.5, 0.6) is 5.75 Å². The molecule has 1 aromatic carbocycles. The molecule has 0 radical (unpaired) electrons. The first-order chi connectivity index (χ1) is 8.86. The van der Waals surface area contributed by atoms with Crippen molar-refractivity contribution in [3.8, 4) is 17.6 Å². The molecule has 0 bridgehead atoms. The van der Waals surface area contributed by atoms with Crippen LogP contribution in [0.3, 0.4) is 0 Å². The minimum atomic E-state index is 0.332. The van der Waals surface area contributed by atoms with Crippen LogP contribution in [0, 0.1) is 11.8 Å². The van der Waals surface area contributed by atoms with Gasteiger partial charge in [0, 0.05) is 12.7 Å². The van der Waals surface area contributed by atoms with Gasteiger partial charge in [-0.05, 0) is 18.2 Å². The Morgan fingerprint density at radius 1 is 1.17 bits per heavy atom. The molecule has 0 aliphatic heterocycles. The minimum Gasteiger partial charge on any atom is -0.491 e. The zero-order valence-corrected chi connectivity index (χ0v) is 11.2. The maximum Gasteiger partial charge on any atom is 0.120 e. The van der Waals surface area contributed by atoms with Gasteiger partial charge in [0.15, 0.2) is 0 Å². The highest BCUT2D eigenvalue weighted by atomic mass is 35.5. The third-order valence-electron chi connectivity index (χ3n) is 2.06. The maximum atomic E-state index is 5.54. The molecule has 1 rings (SSSR count). The van der Waals surface area contributed by atoms with Gasteiger partial charge >= 0.3 is 0 Å². The van der Waals surface area contributed by atoms with Crippen LogP contribution in [0.25, 0.3) is 0 Å². The average Bonchev–Trinajstić information content (AvgIpc) is 2.41. The van der Waals surface area contributed by atoms with Gasteiger partial charge in [0.05, 0.1) is 25.7 Å². The normalized spacial score (nSPS) is 9.67. The SMILES string of the molecule is COCCOCCOc1cccc(C#CCCl)c1. The van der Waals surface area contributed by atoms with Gasteiger partial charge < -0.3 is 14.2 Å². The van der Waals surface area contributed by atoms with Gasteiger partial charge in [0.2, 0.25) is 0 Å². The highest BCUT2D eigenvalue weighted by Gasteiger charge is 1.95. The Morgan fingerprint density at radius 3 is 2.78 bits per heavy atom. The number of halogens is 1. The average molecular weight is 269 g/mol. The molecule has 98 valence electrons. The van der Waals surface area contributed by atoms with Crippen LogP contribution in [-0.4, -0.2) is 39.4 Å². The zero-order valence-electron chi connectivity index (χ0n) is 10.4. The van der Waals surface area contributed by atoms with Crippen LogP contribution in [0.2, 0.25) is 0 Å². The van der Waals surface area contributed by atoms with Crippen molar-refractivity contribution in [3.05, 3.63) is 29.8 Å². The summed E-state index contributed by atoms with van der Waals surface area (Å²) < 4.78 is 15.7. The van der Waals surface area contributed by atoms with Gasteiger partial charge in [-0.25, -0.2) is 0 Å². The number of hydrogen-bond donors (Lipinski definition) is 0. The van der Waals surface area contributed by atoms with Crippen LogP contribution >= 0.6 is 11.6 Å². The summed E-state index contributed by atoms with van der Waals surface area (Å²) in [6.45, 7) is 2.24. The van der Waals surface area contributed by atoms with Crippen molar-refractivity contribution in [1.82, 2.24) is 0 Å². The first-order valence-corrected chi connectivity index (χ1v) is 6.24. The molecule has 0 aliphatic carbocycles. The van der Waals surface area contributed by atoms with Crippen LogP contribution in [0.15, 0.2) is 24.3 Å². The number of ether oxygens (including phenoxy) is 3. The minimum absolute atomic E-state index is 0.332.